The fourth-order valence-corrected chi connectivity index (χ4v) is 8.96. The number of benzene rings is 9. The van der Waals surface area contributed by atoms with Crippen LogP contribution in [0, 0.1) is 78.1 Å². The highest BCUT2D eigenvalue weighted by Crippen LogP contribution is 2.60. The number of nitriles is 2. The largest absolute Gasteiger partial charge is 0.308 e. The summed E-state index contributed by atoms with van der Waals surface area (Å²) in [6.45, 7) is 16.7. The molecule has 0 aliphatic rings. The van der Waals surface area contributed by atoms with Crippen LogP contribution in [0.4, 0.5) is 68.2 Å². The monoisotopic (exact) mass is 908 g/mol. The first-order valence-electron chi connectivity index (χ1n) is 23.7. The van der Waals surface area contributed by atoms with Gasteiger partial charge in [-0.3, -0.25) is 0 Å². The van der Waals surface area contributed by atoms with Crippen LogP contribution in [-0.2, 0) is 0 Å². The number of hydrogen-bond donors (Lipinski definition) is 0. The lowest BCUT2D eigenvalue weighted by atomic mass is 9.94. The number of hydrogen-bond acceptors (Lipinski definition) is 6. The molecule has 0 unspecified atom stereocenters. The summed E-state index contributed by atoms with van der Waals surface area (Å²) in [4.78, 5) is 8.75. The zero-order chi connectivity index (χ0) is 49.1. The zero-order valence-electron chi connectivity index (χ0n) is 41.2. The summed E-state index contributed by atoms with van der Waals surface area (Å²) >= 11 is 0. The minimum Gasteiger partial charge on any atom is -0.308 e. The number of anilines is 12. The van der Waals surface area contributed by atoms with Crippen molar-refractivity contribution in [2.24, 2.45) is 0 Å². The van der Waals surface area contributed by atoms with Crippen molar-refractivity contribution < 1.29 is 0 Å². The lowest BCUT2D eigenvalue weighted by molar-refractivity contribution is 1.16. The van der Waals surface area contributed by atoms with Crippen LogP contribution in [0.3, 0.4) is 0 Å². The highest BCUT2D eigenvalue weighted by molar-refractivity contribution is 6.10. The Morgan fingerprint density at radius 3 is 0.514 bits per heavy atom. The Balaban J connectivity index is 1.61. The van der Waals surface area contributed by atoms with Gasteiger partial charge in [0.1, 0.15) is 23.3 Å². The first kappa shape index (κ1) is 46.3. The van der Waals surface area contributed by atoms with Crippen molar-refractivity contribution in [3.63, 3.8) is 0 Å². The topological polar surface area (TPSA) is 60.5 Å². The normalized spacial score (nSPS) is 10.8. The second-order valence-electron chi connectivity index (χ2n) is 18.4. The molecule has 0 spiro atoms. The van der Waals surface area contributed by atoms with E-state index in [4.69, 9.17) is 0 Å². The van der Waals surface area contributed by atoms with Gasteiger partial charge in [-0.25, -0.2) is 0 Å². The third-order valence-electron chi connectivity index (χ3n) is 12.9. The molecule has 0 saturated carbocycles. The van der Waals surface area contributed by atoms with Crippen LogP contribution >= 0.6 is 0 Å². The van der Waals surface area contributed by atoms with Crippen molar-refractivity contribution in [1.82, 2.24) is 0 Å². The molecule has 0 saturated heterocycles. The summed E-state index contributed by atoms with van der Waals surface area (Å²) in [6.07, 6.45) is 0. The standard InChI is InChI=1S/C64H56N6/c1-43-9-25-51(26-10-43)67(52-27-11-44(2)12-28-52)61-59(41-65)62(68(53-29-13-45(3)14-30-53)54-31-15-46(4)16-32-54)64(70(57-37-21-49(7)22-38-57)58-39-23-50(8)24-40-58)63(60(61)42-66)69(55-33-17-47(5)18-34-55)56-35-19-48(6)20-36-56/h9-40H,1-8H3. The average molecular weight is 909 g/mol. The van der Waals surface area contributed by atoms with Gasteiger partial charge in [-0.2, -0.15) is 10.5 Å². The van der Waals surface area contributed by atoms with E-state index in [0.29, 0.717) is 33.9 Å². The Bertz CT molecular complexity index is 3050. The van der Waals surface area contributed by atoms with Crippen molar-refractivity contribution in [3.05, 3.63) is 250 Å². The van der Waals surface area contributed by atoms with E-state index in [1.165, 1.54) is 0 Å². The van der Waals surface area contributed by atoms with Gasteiger partial charge >= 0.3 is 0 Å². The molecule has 0 N–H and O–H groups in total. The Labute approximate surface area is 413 Å². The van der Waals surface area contributed by atoms with E-state index in [-0.39, 0.29) is 0 Å². The molecule has 0 fully saturated rings. The molecule has 9 aromatic carbocycles. The van der Waals surface area contributed by atoms with Gasteiger partial charge in [0.25, 0.3) is 0 Å². The quantitative estimate of drug-likeness (QED) is 0.122. The predicted octanol–water partition coefficient (Wildman–Crippen LogP) is 17.8. The van der Waals surface area contributed by atoms with E-state index in [9.17, 15) is 10.5 Å². The van der Waals surface area contributed by atoms with Gasteiger partial charge in [-0.15, -0.1) is 0 Å². The van der Waals surface area contributed by atoms with E-state index in [2.05, 4.69) is 281 Å². The third kappa shape index (κ3) is 9.24. The molecule has 0 bridgehead atoms. The van der Waals surface area contributed by atoms with Crippen molar-refractivity contribution in [2.45, 2.75) is 55.4 Å². The SMILES string of the molecule is Cc1ccc(N(c2ccc(C)cc2)c2c(C#N)c(N(c3ccc(C)cc3)c3ccc(C)cc3)c(N(c3ccc(C)cc3)c3ccc(C)cc3)c(N(c3ccc(C)cc3)c3ccc(C)cc3)c2C#N)cc1. The molecular weight excluding hydrogens is 853 g/mol. The van der Waals surface area contributed by atoms with E-state index in [0.717, 1.165) is 90.0 Å². The van der Waals surface area contributed by atoms with Crippen LogP contribution in [0.15, 0.2) is 194 Å². The summed E-state index contributed by atoms with van der Waals surface area (Å²) in [5, 5.41) is 24.8. The van der Waals surface area contributed by atoms with Gasteiger partial charge in [0, 0.05) is 45.5 Å². The van der Waals surface area contributed by atoms with Crippen molar-refractivity contribution in [1.29, 1.82) is 10.5 Å². The van der Waals surface area contributed by atoms with Crippen molar-refractivity contribution in [3.8, 4) is 12.1 Å². The first-order chi connectivity index (χ1) is 33.9. The third-order valence-corrected chi connectivity index (χ3v) is 12.9. The summed E-state index contributed by atoms with van der Waals surface area (Å²) in [6, 6.07) is 73.1. The van der Waals surface area contributed by atoms with Crippen LogP contribution in [0.1, 0.15) is 55.6 Å². The van der Waals surface area contributed by atoms with E-state index < -0.39 is 0 Å². The lowest BCUT2D eigenvalue weighted by Gasteiger charge is -2.40. The van der Waals surface area contributed by atoms with Gasteiger partial charge < -0.3 is 19.6 Å². The summed E-state index contributed by atoms with van der Waals surface area (Å²) in [5.74, 6) is 0. The molecule has 6 heteroatoms. The highest BCUT2D eigenvalue weighted by atomic mass is 15.3. The van der Waals surface area contributed by atoms with Gasteiger partial charge in [0.2, 0.25) is 0 Å². The molecule has 0 aromatic heterocycles. The second kappa shape index (κ2) is 19.8. The maximum absolute atomic E-state index is 12.4. The molecule has 6 nitrogen and oxygen atoms in total. The van der Waals surface area contributed by atoms with Gasteiger partial charge in [0.05, 0.1) is 22.7 Å². The van der Waals surface area contributed by atoms with Crippen molar-refractivity contribution >= 4 is 68.2 Å². The van der Waals surface area contributed by atoms with Crippen LogP contribution < -0.4 is 19.6 Å². The van der Waals surface area contributed by atoms with Crippen LogP contribution in [-0.4, -0.2) is 0 Å². The summed E-state index contributed by atoms with van der Waals surface area (Å²) in [5.41, 5.74) is 18.4. The molecule has 342 valence electrons. The fraction of sp³-hybridized carbons (Fsp3) is 0.125. The van der Waals surface area contributed by atoms with E-state index >= 15 is 0 Å². The highest BCUT2D eigenvalue weighted by Gasteiger charge is 2.38. The molecular formula is C64H56N6. The minimum atomic E-state index is 0.314. The Morgan fingerprint density at radius 2 is 0.357 bits per heavy atom. The molecule has 0 amide bonds. The Morgan fingerprint density at radius 1 is 0.214 bits per heavy atom. The van der Waals surface area contributed by atoms with Crippen molar-refractivity contribution in [2.75, 3.05) is 19.6 Å². The average Bonchev–Trinajstić information content (AvgIpc) is 3.37. The molecule has 9 rings (SSSR count). The van der Waals surface area contributed by atoms with Crippen LogP contribution in [0.2, 0.25) is 0 Å². The molecule has 0 aliphatic heterocycles. The molecule has 0 aliphatic carbocycles. The van der Waals surface area contributed by atoms with Gasteiger partial charge in [0.15, 0.2) is 0 Å². The number of nitrogens with zero attached hydrogens (tertiary/aromatic N) is 6. The Hall–Kier alpha value is -8.84. The summed E-state index contributed by atoms with van der Waals surface area (Å²) in [7, 11) is 0. The number of rotatable bonds is 12. The second-order valence-corrected chi connectivity index (χ2v) is 18.4. The first-order valence-corrected chi connectivity index (χ1v) is 23.7. The molecule has 9 aromatic rings. The van der Waals surface area contributed by atoms with E-state index in [1.807, 2.05) is 0 Å². The fourth-order valence-electron chi connectivity index (χ4n) is 8.96. The van der Waals surface area contributed by atoms with E-state index in [1.54, 1.807) is 0 Å². The number of aryl methyl sites for hydroxylation is 8. The lowest BCUT2D eigenvalue weighted by Crippen LogP contribution is -2.25. The molecule has 0 atom stereocenters. The minimum absolute atomic E-state index is 0.314. The molecule has 0 heterocycles. The van der Waals surface area contributed by atoms with Gasteiger partial charge in [-0.1, -0.05) is 142 Å². The maximum Gasteiger partial charge on any atom is 0.104 e. The maximum atomic E-state index is 12.4. The smallest absolute Gasteiger partial charge is 0.104 e. The van der Waals surface area contributed by atoms with Gasteiger partial charge in [-0.05, 0) is 152 Å². The summed E-state index contributed by atoms with van der Waals surface area (Å²) < 4.78 is 0. The molecule has 70 heavy (non-hydrogen) atoms. The van der Waals surface area contributed by atoms with Crippen LogP contribution in [0.25, 0.3) is 0 Å². The Kier molecular flexibility index (Phi) is 13.1. The zero-order valence-corrected chi connectivity index (χ0v) is 41.2. The van der Waals surface area contributed by atoms with Crippen LogP contribution in [0.5, 0.6) is 0 Å². The molecule has 0 radical (unpaired) electrons. The predicted molar refractivity (Wildman–Crippen MR) is 293 cm³/mol.